The van der Waals surface area contributed by atoms with Gasteiger partial charge in [0, 0.05) is 0 Å². The number of aliphatic hydroxyl groups is 1. The van der Waals surface area contributed by atoms with Crippen molar-refractivity contribution < 1.29 is 14.6 Å². The first-order valence-corrected chi connectivity index (χ1v) is 5.50. The van der Waals surface area contributed by atoms with Gasteiger partial charge in [-0.2, -0.15) is 0 Å². The molecule has 0 spiro atoms. The molecule has 0 saturated heterocycles. The Morgan fingerprint density at radius 3 is 2.36 bits per heavy atom. The fourth-order valence-corrected chi connectivity index (χ4v) is 1.32. The van der Waals surface area contributed by atoms with Gasteiger partial charge in [0.05, 0.1) is 32.5 Å². The normalized spacial score (nSPS) is 13.5. The molecule has 3 nitrogen and oxygen atoms in total. The first-order chi connectivity index (χ1) is 6.70. The second-order valence-corrected chi connectivity index (χ2v) is 3.87. The van der Waals surface area contributed by atoms with Crippen molar-refractivity contribution in [3.8, 4) is 0 Å². The summed E-state index contributed by atoms with van der Waals surface area (Å²) in [6.07, 6.45) is 2.52. The van der Waals surface area contributed by atoms with Gasteiger partial charge < -0.3 is 14.6 Å². The van der Waals surface area contributed by atoms with Crippen molar-refractivity contribution in [3.05, 3.63) is 0 Å². The summed E-state index contributed by atoms with van der Waals surface area (Å²) in [7, 11) is 0. The third-order valence-electron chi connectivity index (χ3n) is 2.01. The molecule has 0 fully saturated rings. The molecule has 14 heavy (non-hydrogen) atoms. The minimum atomic E-state index is 0.0865. The van der Waals surface area contributed by atoms with E-state index in [1.165, 1.54) is 0 Å². The molecule has 1 atom stereocenters. The molecule has 0 saturated carbocycles. The van der Waals surface area contributed by atoms with Crippen molar-refractivity contribution in [1.29, 1.82) is 0 Å². The summed E-state index contributed by atoms with van der Waals surface area (Å²) >= 11 is 0. The maximum absolute atomic E-state index is 8.47. The molecule has 3 heteroatoms. The number of aliphatic hydroxyl groups excluding tert-OH is 1. The van der Waals surface area contributed by atoms with E-state index in [2.05, 4.69) is 20.8 Å². The highest BCUT2D eigenvalue weighted by Gasteiger charge is 2.08. The number of hydrogen-bond acceptors (Lipinski definition) is 3. The lowest BCUT2D eigenvalue weighted by Gasteiger charge is -2.17. The standard InChI is InChI=1S/C11H24O3/c1-4-11(9-10(2)3)14-8-7-13-6-5-12/h10-12H,4-9H2,1-3H3. The molecule has 1 unspecified atom stereocenters. The topological polar surface area (TPSA) is 38.7 Å². The smallest absolute Gasteiger partial charge is 0.0704 e. The van der Waals surface area contributed by atoms with Crippen LogP contribution in [0.4, 0.5) is 0 Å². The van der Waals surface area contributed by atoms with E-state index in [1.54, 1.807) is 0 Å². The summed E-state index contributed by atoms with van der Waals surface area (Å²) in [5.41, 5.74) is 0. The van der Waals surface area contributed by atoms with Crippen LogP contribution in [0, 0.1) is 5.92 Å². The van der Waals surface area contributed by atoms with Gasteiger partial charge in [0.15, 0.2) is 0 Å². The van der Waals surface area contributed by atoms with Crippen LogP contribution in [-0.4, -0.2) is 37.6 Å². The highest BCUT2D eigenvalue weighted by atomic mass is 16.5. The van der Waals surface area contributed by atoms with Crippen molar-refractivity contribution in [2.24, 2.45) is 5.92 Å². The third-order valence-corrected chi connectivity index (χ3v) is 2.01. The minimum Gasteiger partial charge on any atom is -0.394 e. The van der Waals surface area contributed by atoms with Gasteiger partial charge in [0.2, 0.25) is 0 Å². The Bertz CT molecular complexity index is 115. The molecule has 0 bridgehead atoms. The summed E-state index contributed by atoms with van der Waals surface area (Å²) < 4.78 is 10.7. The molecule has 1 N–H and O–H groups in total. The summed E-state index contributed by atoms with van der Waals surface area (Å²) in [5, 5.41) is 8.47. The molecular formula is C11H24O3. The van der Waals surface area contributed by atoms with Gasteiger partial charge in [-0.3, -0.25) is 0 Å². The number of hydrogen-bond donors (Lipinski definition) is 1. The molecule has 0 aliphatic carbocycles. The van der Waals surface area contributed by atoms with Crippen LogP contribution < -0.4 is 0 Å². The van der Waals surface area contributed by atoms with Crippen LogP contribution in [0.15, 0.2) is 0 Å². The van der Waals surface area contributed by atoms with E-state index in [4.69, 9.17) is 14.6 Å². The van der Waals surface area contributed by atoms with E-state index in [0.717, 1.165) is 12.8 Å². The van der Waals surface area contributed by atoms with Crippen LogP contribution in [0.25, 0.3) is 0 Å². The molecule has 0 aromatic rings. The highest BCUT2D eigenvalue weighted by molar-refractivity contribution is 4.58. The van der Waals surface area contributed by atoms with Gasteiger partial charge in [-0.25, -0.2) is 0 Å². The Morgan fingerprint density at radius 2 is 1.86 bits per heavy atom. The first-order valence-electron chi connectivity index (χ1n) is 5.50. The van der Waals surface area contributed by atoms with Crippen LogP contribution in [0.5, 0.6) is 0 Å². The second-order valence-electron chi connectivity index (χ2n) is 3.87. The van der Waals surface area contributed by atoms with Crippen LogP contribution >= 0.6 is 0 Å². The maximum Gasteiger partial charge on any atom is 0.0704 e. The zero-order chi connectivity index (χ0) is 10.8. The predicted molar refractivity (Wildman–Crippen MR) is 57.4 cm³/mol. The van der Waals surface area contributed by atoms with Gasteiger partial charge in [-0.15, -0.1) is 0 Å². The Morgan fingerprint density at radius 1 is 1.14 bits per heavy atom. The van der Waals surface area contributed by atoms with E-state index in [9.17, 15) is 0 Å². The lowest BCUT2D eigenvalue weighted by molar-refractivity contribution is -0.0108. The fraction of sp³-hybridized carbons (Fsp3) is 1.00. The van der Waals surface area contributed by atoms with Gasteiger partial charge in [-0.1, -0.05) is 20.8 Å². The fourth-order valence-electron chi connectivity index (χ4n) is 1.32. The molecule has 0 heterocycles. The van der Waals surface area contributed by atoms with Crippen molar-refractivity contribution in [2.75, 3.05) is 26.4 Å². The second kappa shape index (κ2) is 9.44. The van der Waals surface area contributed by atoms with Crippen molar-refractivity contribution >= 4 is 0 Å². The van der Waals surface area contributed by atoms with Gasteiger partial charge in [-0.05, 0) is 18.8 Å². The summed E-state index contributed by atoms with van der Waals surface area (Å²) in [5.74, 6) is 0.679. The minimum absolute atomic E-state index is 0.0865. The molecule has 0 radical (unpaired) electrons. The average Bonchev–Trinajstić information content (AvgIpc) is 2.15. The first kappa shape index (κ1) is 13.9. The SMILES string of the molecule is CCC(CC(C)C)OCCOCCO. The van der Waals surface area contributed by atoms with E-state index >= 15 is 0 Å². The lowest BCUT2D eigenvalue weighted by atomic mass is 10.0. The van der Waals surface area contributed by atoms with E-state index in [-0.39, 0.29) is 6.61 Å². The maximum atomic E-state index is 8.47. The largest absolute Gasteiger partial charge is 0.394 e. The Labute approximate surface area is 87.4 Å². The van der Waals surface area contributed by atoms with E-state index < -0.39 is 0 Å². The van der Waals surface area contributed by atoms with Gasteiger partial charge in [0.1, 0.15) is 0 Å². The van der Waals surface area contributed by atoms with Crippen molar-refractivity contribution in [2.45, 2.75) is 39.7 Å². The average molecular weight is 204 g/mol. The van der Waals surface area contributed by atoms with E-state index in [0.29, 0.717) is 31.8 Å². The molecule has 0 aliphatic rings. The molecule has 0 aliphatic heterocycles. The quantitative estimate of drug-likeness (QED) is 0.582. The predicted octanol–water partition coefficient (Wildman–Crippen LogP) is 1.84. The highest BCUT2D eigenvalue weighted by Crippen LogP contribution is 2.10. The van der Waals surface area contributed by atoms with Crippen LogP contribution in [0.1, 0.15) is 33.6 Å². The summed E-state index contributed by atoms with van der Waals surface area (Å²) in [6, 6.07) is 0. The van der Waals surface area contributed by atoms with Crippen LogP contribution in [0.3, 0.4) is 0 Å². The third kappa shape index (κ3) is 8.48. The van der Waals surface area contributed by atoms with E-state index in [1.807, 2.05) is 0 Å². The monoisotopic (exact) mass is 204 g/mol. The molecule has 0 aromatic heterocycles. The summed E-state index contributed by atoms with van der Waals surface area (Å²) in [6.45, 7) is 8.25. The molecule has 0 amide bonds. The van der Waals surface area contributed by atoms with Crippen LogP contribution in [-0.2, 0) is 9.47 Å². The zero-order valence-corrected chi connectivity index (χ0v) is 9.66. The van der Waals surface area contributed by atoms with Crippen LogP contribution in [0.2, 0.25) is 0 Å². The molecule has 86 valence electrons. The number of rotatable bonds is 9. The Balaban J connectivity index is 3.33. The molecule has 0 aromatic carbocycles. The van der Waals surface area contributed by atoms with Gasteiger partial charge in [0.25, 0.3) is 0 Å². The van der Waals surface area contributed by atoms with Crippen molar-refractivity contribution in [1.82, 2.24) is 0 Å². The Hall–Kier alpha value is -0.120. The number of ether oxygens (including phenoxy) is 2. The molecule has 0 rings (SSSR count). The van der Waals surface area contributed by atoms with Gasteiger partial charge >= 0.3 is 0 Å². The lowest BCUT2D eigenvalue weighted by Crippen LogP contribution is -2.18. The van der Waals surface area contributed by atoms with Crippen molar-refractivity contribution in [3.63, 3.8) is 0 Å². The Kier molecular flexibility index (Phi) is 9.35. The summed E-state index contributed by atoms with van der Waals surface area (Å²) in [4.78, 5) is 0. The zero-order valence-electron chi connectivity index (χ0n) is 9.66. The molecular weight excluding hydrogens is 180 g/mol.